The first-order valence-electron chi connectivity index (χ1n) is 8.64. The van der Waals surface area contributed by atoms with Crippen LogP contribution in [0.25, 0.3) is 0 Å². The normalized spacial score (nSPS) is 12.6. The minimum atomic E-state index is -0.575. The van der Waals surface area contributed by atoms with Crippen molar-refractivity contribution in [3.63, 3.8) is 0 Å². The number of carbonyl (C=O) groups is 2. The van der Waals surface area contributed by atoms with Crippen LogP contribution in [0, 0.1) is 0 Å². The molecule has 25 heavy (non-hydrogen) atoms. The van der Waals surface area contributed by atoms with E-state index in [4.69, 9.17) is 9.47 Å². The van der Waals surface area contributed by atoms with Gasteiger partial charge >= 0.3 is 11.9 Å². The van der Waals surface area contributed by atoms with Crippen LogP contribution in [0.2, 0.25) is 0 Å². The Balaban J connectivity index is 2.80. The van der Waals surface area contributed by atoms with Gasteiger partial charge in [0.25, 0.3) is 0 Å². The lowest BCUT2D eigenvalue weighted by Gasteiger charge is -2.21. The molecule has 0 aliphatic heterocycles. The van der Waals surface area contributed by atoms with Crippen LogP contribution in [0.3, 0.4) is 0 Å². The molecule has 0 unspecified atom stereocenters. The monoisotopic (exact) mass is 346 g/mol. The van der Waals surface area contributed by atoms with Gasteiger partial charge in [0.15, 0.2) is 0 Å². The summed E-state index contributed by atoms with van der Waals surface area (Å²) in [4.78, 5) is 24.4. The number of hydrogen-bond donors (Lipinski definition) is 0. The van der Waals surface area contributed by atoms with Crippen LogP contribution in [0.4, 0.5) is 0 Å². The maximum Gasteiger partial charge on any atom is 0.334 e. The Hall–Kier alpha value is -2.10. The summed E-state index contributed by atoms with van der Waals surface area (Å²) >= 11 is 0. The quantitative estimate of drug-likeness (QED) is 0.557. The lowest BCUT2D eigenvalue weighted by Crippen LogP contribution is -2.26. The molecule has 0 saturated carbocycles. The summed E-state index contributed by atoms with van der Waals surface area (Å²) in [6.07, 6.45) is 2.91. The first-order valence-corrected chi connectivity index (χ1v) is 8.64. The third kappa shape index (κ3) is 9.70. The smallest absolute Gasteiger partial charge is 0.334 e. The number of esters is 2. The molecule has 1 aromatic carbocycles. The molecule has 0 aliphatic carbocycles. The Morgan fingerprint density at radius 1 is 0.880 bits per heavy atom. The molecule has 0 fully saturated rings. The van der Waals surface area contributed by atoms with E-state index >= 15 is 0 Å². The molecule has 0 bridgehead atoms. The van der Waals surface area contributed by atoms with E-state index in [9.17, 15) is 9.59 Å². The van der Waals surface area contributed by atoms with Gasteiger partial charge in [0, 0.05) is 12.0 Å². The fourth-order valence-electron chi connectivity index (χ4n) is 2.12. The van der Waals surface area contributed by atoms with Crippen molar-refractivity contribution >= 4 is 11.9 Å². The van der Waals surface area contributed by atoms with E-state index < -0.39 is 11.2 Å². The topological polar surface area (TPSA) is 52.6 Å². The fraction of sp³-hybridized carbons (Fsp3) is 0.524. The van der Waals surface area contributed by atoms with Crippen LogP contribution >= 0.6 is 0 Å². The number of benzene rings is 1. The Labute approximate surface area is 151 Å². The van der Waals surface area contributed by atoms with E-state index in [2.05, 4.69) is 0 Å². The molecule has 4 heteroatoms. The van der Waals surface area contributed by atoms with Crippen molar-refractivity contribution in [2.75, 3.05) is 0 Å². The summed E-state index contributed by atoms with van der Waals surface area (Å²) in [5, 5.41) is 0. The van der Waals surface area contributed by atoms with Gasteiger partial charge in [-0.2, -0.15) is 0 Å². The Kier molecular flexibility index (Phi) is 7.40. The molecule has 1 rings (SSSR count). The summed E-state index contributed by atoms with van der Waals surface area (Å²) in [6, 6.07) is 9.85. The van der Waals surface area contributed by atoms with E-state index in [1.54, 1.807) is 0 Å². The van der Waals surface area contributed by atoms with E-state index in [1.165, 1.54) is 0 Å². The molecular weight excluding hydrogens is 316 g/mol. The van der Waals surface area contributed by atoms with Crippen LogP contribution in [0.1, 0.15) is 59.9 Å². The summed E-state index contributed by atoms with van der Waals surface area (Å²) in [5.74, 6) is -0.700. The summed E-state index contributed by atoms with van der Waals surface area (Å²) in [5.41, 5.74) is 0.497. The number of hydrogen-bond acceptors (Lipinski definition) is 4. The zero-order chi connectivity index (χ0) is 19.1. The first-order chi connectivity index (χ1) is 11.5. The van der Waals surface area contributed by atoms with Crippen LogP contribution in [-0.2, 0) is 25.5 Å². The van der Waals surface area contributed by atoms with Crippen molar-refractivity contribution in [2.45, 2.75) is 72.0 Å². The molecule has 4 nitrogen and oxygen atoms in total. The molecule has 0 saturated heterocycles. The Morgan fingerprint density at radius 2 is 1.44 bits per heavy atom. The van der Waals surface area contributed by atoms with Crippen molar-refractivity contribution in [1.29, 1.82) is 0 Å². The maximum absolute atomic E-state index is 12.4. The SMILES string of the molecule is CC(C)(C)OC(=O)CC/C(=C\Cc1ccccc1)C(=O)OC(C)(C)C. The molecule has 0 heterocycles. The molecule has 138 valence electrons. The van der Waals surface area contributed by atoms with E-state index in [0.717, 1.165) is 5.56 Å². The number of ether oxygens (including phenoxy) is 2. The predicted octanol–water partition coefficient (Wildman–Crippen LogP) is 4.62. The van der Waals surface area contributed by atoms with Crippen LogP contribution in [-0.4, -0.2) is 23.1 Å². The molecule has 0 amide bonds. The lowest BCUT2D eigenvalue weighted by molar-refractivity contribution is -0.154. The van der Waals surface area contributed by atoms with Crippen molar-refractivity contribution in [2.24, 2.45) is 0 Å². The molecule has 0 radical (unpaired) electrons. The minimum Gasteiger partial charge on any atom is -0.460 e. The van der Waals surface area contributed by atoms with Crippen molar-refractivity contribution in [1.82, 2.24) is 0 Å². The highest BCUT2D eigenvalue weighted by Gasteiger charge is 2.22. The predicted molar refractivity (Wildman–Crippen MR) is 99.2 cm³/mol. The van der Waals surface area contributed by atoms with E-state index in [0.29, 0.717) is 18.4 Å². The van der Waals surface area contributed by atoms with Crippen LogP contribution < -0.4 is 0 Å². The van der Waals surface area contributed by atoms with Gasteiger partial charge in [0.05, 0.1) is 0 Å². The van der Waals surface area contributed by atoms with Gasteiger partial charge < -0.3 is 9.47 Å². The fourth-order valence-corrected chi connectivity index (χ4v) is 2.12. The van der Waals surface area contributed by atoms with Gasteiger partial charge in [-0.1, -0.05) is 36.4 Å². The van der Waals surface area contributed by atoms with Crippen molar-refractivity contribution < 1.29 is 19.1 Å². The summed E-state index contributed by atoms with van der Waals surface area (Å²) < 4.78 is 10.8. The second kappa shape index (κ2) is 8.84. The number of allylic oxidation sites excluding steroid dienone is 1. The third-order valence-electron chi connectivity index (χ3n) is 3.11. The molecule has 1 aromatic rings. The highest BCUT2D eigenvalue weighted by molar-refractivity contribution is 5.89. The third-order valence-corrected chi connectivity index (χ3v) is 3.11. The van der Waals surface area contributed by atoms with Gasteiger partial charge in [-0.25, -0.2) is 4.79 Å². The van der Waals surface area contributed by atoms with Crippen molar-refractivity contribution in [3.05, 3.63) is 47.5 Å². The Bertz CT molecular complexity index is 601. The average Bonchev–Trinajstić information content (AvgIpc) is 2.44. The van der Waals surface area contributed by atoms with Gasteiger partial charge in [0.1, 0.15) is 11.2 Å². The maximum atomic E-state index is 12.4. The number of rotatable bonds is 6. The van der Waals surface area contributed by atoms with Gasteiger partial charge in [0.2, 0.25) is 0 Å². The zero-order valence-corrected chi connectivity index (χ0v) is 16.2. The standard InChI is InChI=1S/C21H30O4/c1-20(2,3)24-18(22)15-14-17(19(23)25-21(4,5)6)13-12-16-10-8-7-9-11-16/h7-11,13H,12,14-15H2,1-6H3/b17-13+. The largest absolute Gasteiger partial charge is 0.460 e. The highest BCUT2D eigenvalue weighted by atomic mass is 16.6. The van der Waals surface area contributed by atoms with Gasteiger partial charge in [-0.05, 0) is 59.9 Å². The second-order valence-corrected chi connectivity index (χ2v) is 8.01. The highest BCUT2D eigenvalue weighted by Crippen LogP contribution is 2.17. The van der Waals surface area contributed by atoms with E-state index in [-0.39, 0.29) is 18.4 Å². The zero-order valence-electron chi connectivity index (χ0n) is 16.2. The van der Waals surface area contributed by atoms with Crippen LogP contribution in [0.15, 0.2) is 42.0 Å². The molecular formula is C21H30O4. The molecule has 0 aliphatic rings. The average molecular weight is 346 g/mol. The lowest BCUT2D eigenvalue weighted by atomic mass is 10.0. The number of carbonyl (C=O) groups excluding carboxylic acids is 2. The van der Waals surface area contributed by atoms with Gasteiger partial charge in [-0.3, -0.25) is 4.79 Å². The van der Waals surface area contributed by atoms with Gasteiger partial charge in [-0.15, -0.1) is 0 Å². The molecule has 0 N–H and O–H groups in total. The second-order valence-electron chi connectivity index (χ2n) is 8.01. The molecule has 0 atom stereocenters. The molecule has 0 spiro atoms. The molecule has 0 aromatic heterocycles. The van der Waals surface area contributed by atoms with E-state index in [1.807, 2.05) is 78.0 Å². The van der Waals surface area contributed by atoms with Crippen LogP contribution in [0.5, 0.6) is 0 Å². The minimum absolute atomic E-state index is 0.150. The van der Waals surface area contributed by atoms with Crippen molar-refractivity contribution in [3.8, 4) is 0 Å². The first kappa shape index (κ1) is 20.9. The summed E-state index contributed by atoms with van der Waals surface area (Å²) in [6.45, 7) is 11.0. The Morgan fingerprint density at radius 3 is 1.96 bits per heavy atom. The summed E-state index contributed by atoms with van der Waals surface area (Å²) in [7, 11) is 0.